The Morgan fingerprint density at radius 1 is 0.439 bits per heavy atom. The van der Waals surface area contributed by atoms with Crippen molar-refractivity contribution in [3.8, 4) is 23.0 Å². The summed E-state index contributed by atoms with van der Waals surface area (Å²) in [5.41, 5.74) is 4.00. The lowest BCUT2D eigenvalue weighted by molar-refractivity contribution is 0.0732. The van der Waals surface area contributed by atoms with Gasteiger partial charge in [-0.2, -0.15) is 0 Å². The highest BCUT2D eigenvalue weighted by molar-refractivity contribution is 5.93. The molecule has 342 valence electrons. The van der Waals surface area contributed by atoms with Crippen molar-refractivity contribution in [3.63, 3.8) is 0 Å². The van der Waals surface area contributed by atoms with E-state index in [-0.39, 0.29) is 11.5 Å². The van der Waals surface area contributed by atoms with Crippen LogP contribution in [0.1, 0.15) is 122 Å². The van der Waals surface area contributed by atoms with Gasteiger partial charge in [0.1, 0.15) is 23.0 Å². The monoisotopic (exact) mass is 884 g/mol. The highest BCUT2D eigenvalue weighted by Crippen LogP contribution is 2.24. The molecule has 0 aliphatic carbocycles. The van der Waals surface area contributed by atoms with Gasteiger partial charge in [0.2, 0.25) is 0 Å². The Hall–Kier alpha value is -7.06. The molecule has 5 aromatic carbocycles. The molecule has 0 radical (unpaired) electrons. The SMILES string of the molecule is C=C/C=C/CCCCCCCCOc1ccc(N=Cc2ccc(C(=O)Oc3cccc(OC(=O)c4ccc(C=Nc5ccc(OCCCCCCCC/C=C/C=C)cc5)cc4)c3)cc2)cc1. The zero-order chi connectivity index (χ0) is 46.3. The minimum atomic E-state index is -0.539. The molecule has 0 amide bonds. The molecule has 66 heavy (non-hydrogen) atoms. The summed E-state index contributed by atoms with van der Waals surface area (Å²) in [6.45, 7) is 8.80. The van der Waals surface area contributed by atoms with Crippen LogP contribution in [0.2, 0.25) is 0 Å². The van der Waals surface area contributed by atoms with Crippen molar-refractivity contribution in [2.75, 3.05) is 13.2 Å². The second kappa shape index (κ2) is 30.1. The van der Waals surface area contributed by atoms with Crippen molar-refractivity contribution >= 4 is 35.7 Å². The lowest BCUT2D eigenvalue weighted by Gasteiger charge is -2.08. The average Bonchev–Trinajstić information content (AvgIpc) is 3.34. The number of unbranched alkanes of at least 4 members (excludes halogenated alkanes) is 12. The van der Waals surface area contributed by atoms with Gasteiger partial charge < -0.3 is 18.9 Å². The third-order valence-corrected chi connectivity index (χ3v) is 10.5. The summed E-state index contributed by atoms with van der Waals surface area (Å²) in [5.74, 6) is 1.08. The number of hydrogen-bond donors (Lipinski definition) is 0. The third-order valence-electron chi connectivity index (χ3n) is 10.5. The topological polar surface area (TPSA) is 95.8 Å². The maximum atomic E-state index is 13.0. The Labute approximate surface area is 392 Å². The Morgan fingerprint density at radius 2 is 0.818 bits per heavy atom. The standard InChI is InChI=1S/C58H64N2O6/c1-3-5-7-9-11-13-15-17-19-21-42-63-53-38-34-51(35-39-53)59-45-47-26-30-49(31-27-47)57(61)65-55-24-23-25-56(44-55)66-58(62)50-32-28-48(29-33-50)46-60-52-36-40-54(41-37-52)64-43-22-20-18-16-14-12-10-8-6-4-2/h3-8,23-41,44-46H,1-2,9-22,42-43H2/b7-5+,8-6+,59-45?,60-46?. The fraction of sp³-hybridized carbons (Fsp3) is 0.276. The number of rotatable bonds is 30. The quantitative estimate of drug-likeness (QED) is 0.0150. The van der Waals surface area contributed by atoms with E-state index in [1.165, 1.54) is 70.3 Å². The molecular weight excluding hydrogens is 821 g/mol. The van der Waals surface area contributed by atoms with Gasteiger partial charge in [0, 0.05) is 18.5 Å². The number of hydrogen-bond acceptors (Lipinski definition) is 8. The van der Waals surface area contributed by atoms with Gasteiger partial charge in [-0.3, -0.25) is 9.98 Å². The minimum absolute atomic E-state index is 0.249. The van der Waals surface area contributed by atoms with E-state index >= 15 is 0 Å². The summed E-state index contributed by atoms with van der Waals surface area (Å²) < 4.78 is 23.0. The van der Waals surface area contributed by atoms with Gasteiger partial charge in [0.05, 0.1) is 35.7 Å². The van der Waals surface area contributed by atoms with Gasteiger partial charge in [-0.1, -0.05) is 131 Å². The van der Waals surface area contributed by atoms with Gasteiger partial charge >= 0.3 is 11.9 Å². The Balaban J connectivity index is 0.976. The first-order valence-corrected chi connectivity index (χ1v) is 23.3. The number of esters is 2. The summed E-state index contributed by atoms with van der Waals surface area (Å²) in [7, 11) is 0. The molecule has 0 N–H and O–H groups in total. The van der Waals surface area contributed by atoms with Crippen LogP contribution in [0.25, 0.3) is 0 Å². The highest BCUT2D eigenvalue weighted by Gasteiger charge is 2.12. The molecule has 5 aromatic rings. The predicted octanol–water partition coefficient (Wildman–Crippen LogP) is 15.3. The van der Waals surface area contributed by atoms with Crippen molar-refractivity contribution in [1.82, 2.24) is 0 Å². The smallest absolute Gasteiger partial charge is 0.343 e. The molecule has 0 aromatic heterocycles. The first kappa shape index (κ1) is 49.9. The summed E-state index contributed by atoms with van der Waals surface area (Å²) in [4.78, 5) is 35.1. The number of carbonyl (C=O) groups is 2. The molecule has 0 fully saturated rings. The van der Waals surface area contributed by atoms with Crippen molar-refractivity contribution in [1.29, 1.82) is 0 Å². The summed E-state index contributed by atoms with van der Waals surface area (Å²) >= 11 is 0. The Morgan fingerprint density at radius 3 is 1.21 bits per heavy atom. The van der Waals surface area contributed by atoms with Crippen LogP contribution in [-0.2, 0) is 0 Å². The normalized spacial score (nSPS) is 11.4. The second-order valence-corrected chi connectivity index (χ2v) is 15.8. The first-order valence-electron chi connectivity index (χ1n) is 23.3. The van der Waals surface area contributed by atoms with E-state index in [0.717, 1.165) is 59.7 Å². The van der Waals surface area contributed by atoms with Crippen LogP contribution in [-0.4, -0.2) is 37.6 Å². The largest absolute Gasteiger partial charge is 0.494 e. The van der Waals surface area contributed by atoms with Crippen LogP contribution >= 0.6 is 0 Å². The number of benzene rings is 5. The van der Waals surface area contributed by atoms with Crippen LogP contribution in [0.5, 0.6) is 23.0 Å². The Bertz CT molecular complexity index is 2160. The van der Waals surface area contributed by atoms with Crippen LogP contribution in [0, 0.1) is 0 Å². The van der Waals surface area contributed by atoms with Crippen molar-refractivity contribution in [2.45, 2.75) is 89.9 Å². The highest BCUT2D eigenvalue weighted by atomic mass is 16.5. The molecule has 8 heteroatoms. The number of nitrogens with zero attached hydrogens (tertiary/aromatic N) is 2. The van der Waals surface area contributed by atoms with E-state index in [0.29, 0.717) is 24.3 Å². The van der Waals surface area contributed by atoms with Crippen molar-refractivity contribution in [3.05, 3.63) is 193 Å². The second-order valence-electron chi connectivity index (χ2n) is 15.8. The maximum absolute atomic E-state index is 13.0. The fourth-order valence-electron chi connectivity index (χ4n) is 6.81. The van der Waals surface area contributed by atoms with Gasteiger partial charge in [0.25, 0.3) is 0 Å². The molecule has 0 saturated heterocycles. The number of ether oxygens (including phenoxy) is 4. The van der Waals surface area contributed by atoms with Gasteiger partial charge in [-0.25, -0.2) is 9.59 Å². The molecule has 0 heterocycles. The molecule has 0 saturated carbocycles. The molecular formula is C58H64N2O6. The van der Waals surface area contributed by atoms with Crippen LogP contribution in [0.15, 0.2) is 181 Å². The summed E-state index contributed by atoms with van der Waals surface area (Å²) in [5, 5.41) is 0. The fourth-order valence-corrected chi connectivity index (χ4v) is 6.81. The number of aliphatic imine (C=N–C) groups is 2. The van der Waals surface area contributed by atoms with E-state index in [1.807, 2.05) is 72.8 Å². The molecule has 0 bridgehead atoms. The maximum Gasteiger partial charge on any atom is 0.343 e. The van der Waals surface area contributed by atoms with E-state index in [4.69, 9.17) is 18.9 Å². The number of carbonyl (C=O) groups excluding carboxylic acids is 2. The van der Waals surface area contributed by atoms with E-state index in [2.05, 4.69) is 35.3 Å². The van der Waals surface area contributed by atoms with E-state index in [1.54, 1.807) is 79.2 Å². The van der Waals surface area contributed by atoms with Gasteiger partial charge in [0.15, 0.2) is 0 Å². The zero-order valence-corrected chi connectivity index (χ0v) is 38.2. The Kier molecular flexibility index (Phi) is 22.8. The average molecular weight is 885 g/mol. The first-order chi connectivity index (χ1) is 32.5. The summed E-state index contributed by atoms with van der Waals surface area (Å²) in [6.07, 6.45) is 32.2. The van der Waals surface area contributed by atoms with Crippen LogP contribution < -0.4 is 18.9 Å². The van der Waals surface area contributed by atoms with Crippen LogP contribution in [0.4, 0.5) is 11.4 Å². The van der Waals surface area contributed by atoms with Crippen molar-refractivity contribution < 1.29 is 28.5 Å². The molecule has 0 aliphatic rings. The lowest BCUT2D eigenvalue weighted by atomic mass is 10.1. The van der Waals surface area contributed by atoms with Gasteiger partial charge in [-0.15, -0.1) is 0 Å². The van der Waals surface area contributed by atoms with Crippen LogP contribution in [0.3, 0.4) is 0 Å². The molecule has 5 rings (SSSR count). The zero-order valence-electron chi connectivity index (χ0n) is 38.2. The summed E-state index contributed by atoms with van der Waals surface area (Å²) in [6, 6.07) is 35.8. The minimum Gasteiger partial charge on any atom is -0.494 e. The van der Waals surface area contributed by atoms with E-state index < -0.39 is 11.9 Å². The lowest BCUT2D eigenvalue weighted by Crippen LogP contribution is -2.10. The molecule has 0 spiro atoms. The molecule has 0 unspecified atom stereocenters. The van der Waals surface area contributed by atoms with Crippen molar-refractivity contribution in [2.24, 2.45) is 9.98 Å². The third kappa shape index (κ3) is 19.8. The molecule has 0 atom stereocenters. The number of allylic oxidation sites excluding steroid dienone is 6. The predicted molar refractivity (Wildman–Crippen MR) is 271 cm³/mol. The van der Waals surface area contributed by atoms with E-state index in [9.17, 15) is 9.59 Å². The molecule has 8 nitrogen and oxygen atoms in total. The molecule has 0 aliphatic heterocycles. The van der Waals surface area contributed by atoms with Gasteiger partial charge in [-0.05, 0) is 135 Å².